The van der Waals surface area contributed by atoms with Crippen LogP contribution in [0.3, 0.4) is 0 Å². The maximum Gasteiger partial charge on any atom is 0.371 e. The second-order valence-electron chi connectivity index (χ2n) is 1.24. The molecule has 4 nitrogen and oxygen atoms in total. The van der Waals surface area contributed by atoms with Gasteiger partial charge in [-0.05, 0) is 0 Å². The Kier molecular flexibility index (Phi) is 2.95. The quantitative estimate of drug-likeness (QED) is 0.588. The summed E-state index contributed by atoms with van der Waals surface area (Å²) in [5.74, 6) is -1.06. The first kappa shape index (κ1) is 8.17. The van der Waals surface area contributed by atoms with Crippen molar-refractivity contribution >= 4 is 5.97 Å². The van der Waals surface area contributed by atoms with Gasteiger partial charge in [-0.15, -0.1) is 0 Å². The predicted octanol–water partition coefficient (Wildman–Crippen LogP) is 0.105. The summed E-state index contributed by atoms with van der Waals surface area (Å²) < 4.78 is 0. The maximum absolute atomic E-state index is 9.97. The van der Waals surface area contributed by atoms with Gasteiger partial charge >= 0.3 is 5.97 Å². The molecule has 0 bridgehead atoms. The second-order valence-corrected chi connectivity index (χ2v) is 1.24. The van der Waals surface area contributed by atoms with Crippen molar-refractivity contribution in [1.29, 1.82) is 0 Å². The van der Waals surface area contributed by atoms with E-state index in [1.54, 1.807) is 0 Å². The van der Waals surface area contributed by atoms with Crippen molar-refractivity contribution in [2.75, 3.05) is 0 Å². The normalized spacial score (nSPS) is 8.00. The molecule has 2 N–H and O–H groups in total. The number of rotatable bonds is 1. The first-order chi connectivity index (χ1) is 3.80. The van der Waals surface area contributed by atoms with Crippen LogP contribution in [0.5, 0.6) is 0 Å². The maximum atomic E-state index is 9.97. The third-order valence-corrected chi connectivity index (χ3v) is 0.701. The number of aromatic carboxylic acids is 1. The smallest absolute Gasteiger partial charge is 0.371 e. The Morgan fingerprint density at radius 2 is 2.44 bits per heavy atom. The van der Waals surface area contributed by atoms with Crippen LogP contribution in [0.15, 0.2) is 12.4 Å². The summed E-state index contributed by atoms with van der Waals surface area (Å²) in [5, 5.41) is 8.18. The number of H-pyrrole nitrogens is 1. The van der Waals surface area contributed by atoms with Gasteiger partial charge in [-0.25, -0.2) is 9.78 Å². The molecule has 9 heavy (non-hydrogen) atoms. The number of aromatic amines is 1. The number of imidazole rings is 1. The number of nitrogens with zero attached hydrogens (tertiary/aromatic N) is 1. The minimum Gasteiger partial charge on any atom is -0.475 e. The molecule has 0 fully saturated rings. The molecular weight excluding hydrogens is 167 g/mol. The number of carboxylic acids is 1. The van der Waals surface area contributed by atoms with E-state index >= 15 is 0 Å². The zero-order valence-electron chi connectivity index (χ0n) is 4.27. The van der Waals surface area contributed by atoms with Crippen molar-refractivity contribution in [3.63, 3.8) is 0 Å². The Morgan fingerprint density at radius 1 is 1.78 bits per heavy atom. The fourth-order valence-corrected chi connectivity index (χ4v) is 0.382. The van der Waals surface area contributed by atoms with Crippen LogP contribution < -0.4 is 0 Å². The number of aromatic nitrogens is 2. The zero-order chi connectivity index (χ0) is 5.98. The molecule has 52 valence electrons. The van der Waals surface area contributed by atoms with E-state index in [1.165, 1.54) is 12.4 Å². The van der Waals surface area contributed by atoms with E-state index in [0.717, 1.165) is 0 Å². The third kappa shape index (κ3) is 1.86. The van der Waals surface area contributed by atoms with Gasteiger partial charge in [0.1, 0.15) is 0 Å². The van der Waals surface area contributed by atoms with Crippen LogP contribution in [-0.4, -0.2) is 21.0 Å². The van der Waals surface area contributed by atoms with Crippen LogP contribution in [-0.2, 0) is 16.5 Å². The summed E-state index contributed by atoms with van der Waals surface area (Å²) in [7, 11) is 0. The number of carboxylic acid groups (broad SMARTS) is 1. The van der Waals surface area contributed by atoms with E-state index < -0.39 is 5.97 Å². The molecule has 0 radical (unpaired) electrons. The van der Waals surface area contributed by atoms with Crippen molar-refractivity contribution in [1.82, 2.24) is 9.97 Å². The van der Waals surface area contributed by atoms with Gasteiger partial charge in [-0.2, -0.15) is 0 Å². The van der Waals surface area contributed by atoms with Crippen LogP contribution >= 0.6 is 0 Å². The molecule has 0 spiro atoms. The van der Waals surface area contributed by atoms with Crippen molar-refractivity contribution in [3.8, 4) is 0 Å². The number of hydrogen-bond acceptors (Lipinski definition) is 2. The average Bonchev–Trinajstić information content (AvgIpc) is 2.12. The summed E-state index contributed by atoms with van der Waals surface area (Å²) in [6.07, 6.45) is 2.85. The minimum absolute atomic E-state index is 0. The molecule has 1 aromatic rings. The van der Waals surface area contributed by atoms with Crippen molar-refractivity contribution in [3.05, 3.63) is 18.2 Å². The Bertz CT molecular complexity index is 184. The Hall–Kier alpha value is -0.826. The van der Waals surface area contributed by atoms with E-state index in [-0.39, 0.29) is 22.3 Å². The zero-order valence-corrected chi connectivity index (χ0v) is 5.26. The average molecular weight is 171 g/mol. The molecule has 0 aliphatic rings. The van der Waals surface area contributed by atoms with Crippen LogP contribution in [0, 0.1) is 0 Å². The molecule has 1 heterocycles. The molecule has 0 saturated heterocycles. The van der Waals surface area contributed by atoms with Gasteiger partial charge < -0.3 is 10.1 Å². The summed E-state index contributed by atoms with van der Waals surface area (Å²) in [4.78, 5) is 15.9. The molecule has 0 unspecified atom stereocenters. The molecular formula is C4H4N2NiO2. The van der Waals surface area contributed by atoms with Crippen LogP contribution in [0.2, 0.25) is 0 Å². The molecule has 0 aromatic carbocycles. The third-order valence-electron chi connectivity index (χ3n) is 0.701. The van der Waals surface area contributed by atoms with E-state index in [9.17, 15) is 4.79 Å². The number of carbonyl (C=O) groups is 1. The number of hydrogen-bond donors (Lipinski definition) is 2. The van der Waals surface area contributed by atoms with E-state index in [0.29, 0.717) is 0 Å². The van der Waals surface area contributed by atoms with Crippen molar-refractivity contribution in [2.45, 2.75) is 0 Å². The fourth-order valence-electron chi connectivity index (χ4n) is 0.382. The molecule has 1 aromatic heterocycles. The Labute approximate surface area is 61.2 Å². The monoisotopic (exact) mass is 170 g/mol. The van der Waals surface area contributed by atoms with Crippen LogP contribution in [0.4, 0.5) is 0 Å². The van der Waals surface area contributed by atoms with Gasteiger partial charge in [-0.1, -0.05) is 0 Å². The fraction of sp³-hybridized carbons (Fsp3) is 0. The Balaban J connectivity index is 0.000000640. The van der Waals surface area contributed by atoms with Gasteiger partial charge in [-0.3, -0.25) is 0 Å². The van der Waals surface area contributed by atoms with Crippen LogP contribution in [0.1, 0.15) is 10.6 Å². The molecule has 5 heteroatoms. The summed E-state index contributed by atoms with van der Waals surface area (Å²) in [5.41, 5.74) is 0. The Morgan fingerprint density at radius 3 is 2.67 bits per heavy atom. The molecule has 1 rings (SSSR count). The van der Waals surface area contributed by atoms with Crippen LogP contribution in [0.25, 0.3) is 0 Å². The molecule has 0 saturated carbocycles. The summed E-state index contributed by atoms with van der Waals surface area (Å²) in [6.45, 7) is 0. The second kappa shape index (κ2) is 3.25. The molecule has 0 amide bonds. The van der Waals surface area contributed by atoms with Gasteiger partial charge in [0.25, 0.3) is 0 Å². The first-order valence-corrected chi connectivity index (χ1v) is 2.03. The number of nitrogens with one attached hydrogen (secondary N) is 1. The van der Waals surface area contributed by atoms with E-state index in [1.807, 2.05) is 0 Å². The topological polar surface area (TPSA) is 66.0 Å². The molecule has 0 atom stereocenters. The van der Waals surface area contributed by atoms with Crippen molar-refractivity contribution in [2.24, 2.45) is 0 Å². The van der Waals surface area contributed by atoms with E-state index in [2.05, 4.69) is 9.97 Å². The predicted molar refractivity (Wildman–Crippen MR) is 25.5 cm³/mol. The standard InChI is InChI=1S/C4H4N2O2.Ni/c7-4(8)3-5-1-2-6-3;/h1-2H,(H,5,6)(H,7,8);. The van der Waals surface area contributed by atoms with Crippen molar-refractivity contribution < 1.29 is 26.4 Å². The first-order valence-electron chi connectivity index (χ1n) is 2.03. The van der Waals surface area contributed by atoms with E-state index in [4.69, 9.17) is 5.11 Å². The summed E-state index contributed by atoms with van der Waals surface area (Å²) >= 11 is 0. The van der Waals surface area contributed by atoms with Gasteiger partial charge in [0.05, 0.1) is 0 Å². The molecule has 0 aliphatic heterocycles. The van der Waals surface area contributed by atoms with Gasteiger partial charge in [0.15, 0.2) is 0 Å². The largest absolute Gasteiger partial charge is 0.475 e. The minimum atomic E-state index is -1.03. The summed E-state index contributed by atoms with van der Waals surface area (Å²) in [6, 6.07) is 0. The van der Waals surface area contributed by atoms with Gasteiger partial charge in [0.2, 0.25) is 5.82 Å². The SMILES string of the molecule is O=C(O)c1ncc[nH]1.[Ni]. The van der Waals surface area contributed by atoms with Gasteiger partial charge in [0, 0.05) is 28.9 Å². The molecule has 0 aliphatic carbocycles.